The number of aliphatic hydroxyl groups excluding tert-OH is 1. The van der Waals surface area contributed by atoms with Crippen molar-refractivity contribution in [2.75, 3.05) is 13.7 Å². The Morgan fingerprint density at radius 3 is 2.72 bits per heavy atom. The Morgan fingerprint density at radius 1 is 1.36 bits per heavy atom. The third-order valence-electron chi connectivity index (χ3n) is 4.08. The number of esters is 1. The Kier molecular flexibility index (Phi) is 6.72. The number of fused-ring (bicyclic) bond motifs is 1. The molecule has 2 aromatic rings. The van der Waals surface area contributed by atoms with Crippen molar-refractivity contribution in [3.8, 4) is 5.88 Å². The summed E-state index contributed by atoms with van der Waals surface area (Å²) in [6.45, 7) is 6.95. The predicted octanol–water partition coefficient (Wildman–Crippen LogP) is 1.25. The maximum absolute atomic E-state index is 12.1. The lowest BCUT2D eigenvalue weighted by molar-refractivity contribution is -0.148. The van der Waals surface area contributed by atoms with Crippen LogP contribution in [0.4, 0.5) is 0 Å². The van der Waals surface area contributed by atoms with Gasteiger partial charge in [0, 0.05) is 24.8 Å². The number of hydrogen-bond donors (Lipinski definition) is 2. The molecular weight excluding hydrogens is 324 g/mol. The maximum Gasteiger partial charge on any atom is 0.325 e. The number of carbonyl (C=O) groups is 1. The van der Waals surface area contributed by atoms with E-state index in [-0.39, 0.29) is 6.61 Å². The molecule has 2 atom stereocenters. The summed E-state index contributed by atoms with van der Waals surface area (Å²) in [5, 5.41) is 13.2. The van der Waals surface area contributed by atoms with E-state index >= 15 is 0 Å². The van der Waals surface area contributed by atoms with Crippen LogP contribution in [0.5, 0.6) is 5.88 Å². The van der Waals surface area contributed by atoms with Crippen LogP contribution in [0.3, 0.4) is 0 Å². The fraction of sp³-hybridized carbons (Fsp3) is 0.588. The zero-order valence-electron chi connectivity index (χ0n) is 15.2. The van der Waals surface area contributed by atoms with Crippen molar-refractivity contribution in [2.24, 2.45) is 0 Å². The summed E-state index contributed by atoms with van der Waals surface area (Å²) in [6, 6.07) is -0.784. The highest BCUT2D eigenvalue weighted by Gasteiger charge is 2.27. The van der Waals surface area contributed by atoms with E-state index < -0.39 is 18.1 Å². The molecule has 0 aromatic carbocycles. The van der Waals surface area contributed by atoms with Crippen molar-refractivity contribution < 1.29 is 19.4 Å². The first-order valence-electron chi connectivity index (χ1n) is 8.52. The molecule has 0 saturated carbocycles. The molecule has 0 aliphatic carbocycles. The van der Waals surface area contributed by atoms with E-state index in [0.29, 0.717) is 18.8 Å². The molecule has 0 saturated heterocycles. The minimum Gasteiger partial charge on any atom is -0.479 e. The van der Waals surface area contributed by atoms with Crippen LogP contribution in [0.2, 0.25) is 0 Å². The van der Waals surface area contributed by atoms with Gasteiger partial charge in [-0.15, -0.1) is 0 Å². The lowest BCUT2D eigenvalue weighted by Gasteiger charge is -2.21. The molecule has 0 aliphatic heterocycles. The first-order valence-corrected chi connectivity index (χ1v) is 8.52. The summed E-state index contributed by atoms with van der Waals surface area (Å²) >= 11 is 0. The summed E-state index contributed by atoms with van der Waals surface area (Å²) in [5.74, 6) is 0.0527. The third kappa shape index (κ3) is 4.08. The van der Waals surface area contributed by atoms with Crippen LogP contribution in [0.1, 0.15) is 32.8 Å². The second-order valence-corrected chi connectivity index (χ2v) is 5.61. The lowest BCUT2D eigenvalue weighted by atomic mass is 10.1. The number of aliphatic hydroxyl groups is 1. The van der Waals surface area contributed by atoms with E-state index in [1.807, 2.05) is 24.6 Å². The Hall–Kier alpha value is -2.19. The van der Waals surface area contributed by atoms with Crippen molar-refractivity contribution in [1.82, 2.24) is 19.9 Å². The van der Waals surface area contributed by atoms with Crippen molar-refractivity contribution in [1.29, 1.82) is 0 Å². The van der Waals surface area contributed by atoms with E-state index in [9.17, 15) is 9.90 Å². The number of aryl methyl sites for hydroxylation is 1. The lowest BCUT2D eigenvalue weighted by Crippen LogP contribution is -2.46. The number of hydrogen-bond acceptors (Lipinski definition) is 7. The van der Waals surface area contributed by atoms with Crippen molar-refractivity contribution in [2.45, 2.75) is 52.4 Å². The van der Waals surface area contributed by atoms with E-state index in [1.165, 1.54) is 6.33 Å². The summed E-state index contributed by atoms with van der Waals surface area (Å²) in [4.78, 5) is 20.6. The van der Waals surface area contributed by atoms with Gasteiger partial charge < -0.3 is 19.1 Å². The molecule has 8 heteroatoms. The smallest absolute Gasteiger partial charge is 0.325 e. The molecule has 2 N–H and O–H groups in total. The van der Waals surface area contributed by atoms with Gasteiger partial charge in [0.2, 0.25) is 5.88 Å². The second-order valence-electron chi connectivity index (χ2n) is 5.61. The van der Waals surface area contributed by atoms with Crippen LogP contribution < -0.4 is 10.1 Å². The van der Waals surface area contributed by atoms with Crippen LogP contribution in [-0.4, -0.2) is 51.5 Å². The van der Waals surface area contributed by atoms with Gasteiger partial charge in [0.05, 0.1) is 19.8 Å². The molecule has 138 valence electrons. The van der Waals surface area contributed by atoms with Gasteiger partial charge in [0.25, 0.3) is 0 Å². The molecule has 0 radical (unpaired) electrons. The zero-order chi connectivity index (χ0) is 18.4. The first-order chi connectivity index (χ1) is 12.1. The molecule has 0 aliphatic rings. The number of methoxy groups -OCH3 is 1. The van der Waals surface area contributed by atoms with Crippen molar-refractivity contribution in [3.05, 3.63) is 18.1 Å². The van der Waals surface area contributed by atoms with E-state index in [4.69, 9.17) is 9.47 Å². The van der Waals surface area contributed by atoms with Gasteiger partial charge in [-0.1, -0.05) is 6.92 Å². The fourth-order valence-electron chi connectivity index (χ4n) is 2.76. The van der Waals surface area contributed by atoms with Gasteiger partial charge in [0.15, 0.2) is 0 Å². The quantitative estimate of drug-likeness (QED) is 0.657. The first kappa shape index (κ1) is 19.1. The molecule has 0 spiro atoms. The number of nitrogens with one attached hydrogen (secondary N) is 1. The van der Waals surface area contributed by atoms with Crippen molar-refractivity contribution >= 4 is 17.0 Å². The highest BCUT2D eigenvalue weighted by atomic mass is 16.5. The molecule has 2 rings (SSSR count). The van der Waals surface area contributed by atoms with Crippen LogP contribution in [0.15, 0.2) is 12.5 Å². The topological polar surface area (TPSA) is 98.5 Å². The summed E-state index contributed by atoms with van der Waals surface area (Å²) in [5.41, 5.74) is 2.47. The van der Waals surface area contributed by atoms with E-state index in [1.54, 1.807) is 14.0 Å². The number of rotatable bonds is 9. The average molecular weight is 350 g/mol. The molecule has 0 amide bonds. The van der Waals surface area contributed by atoms with Gasteiger partial charge in [-0.3, -0.25) is 10.1 Å². The highest BCUT2D eigenvalue weighted by Crippen LogP contribution is 2.26. The molecular formula is C17H26N4O4. The van der Waals surface area contributed by atoms with Gasteiger partial charge in [-0.05, 0) is 20.3 Å². The van der Waals surface area contributed by atoms with Crippen LogP contribution in [-0.2, 0) is 22.6 Å². The molecule has 0 unspecified atom stereocenters. The molecule has 8 nitrogen and oxygen atoms in total. The third-order valence-corrected chi connectivity index (χ3v) is 4.08. The van der Waals surface area contributed by atoms with E-state index in [0.717, 1.165) is 23.1 Å². The molecule has 2 aromatic heterocycles. The highest BCUT2D eigenvalue weighted by molar-refractivity contribution is 5.84. The predicted molar refractivity (Wildman–Crippen MR) is 93.3 cm³/mol. The zero-order valence-corrected chi connectivity index (χ0v) is 15.2. The van der Waals surface area contributed by atoms with E-state index in [2.05, 4.69) is 15.3 Å². The summed E-state index contributed by atoms with van der Waals surface area (Å²) in [6.07, 6.45) is 3.04. The van der Waals surface area contributed by atoms with Gasteiger partial charge >= 0.3 is 5.97 Å². The van der Waals surface area contributed by atoms with Gasteiger partial charge in [-0.2, -0.15) is 4.98 Å². The summed E-state index contributed by atoms with van der Waals surface area (Å²) < 4.78 is 12.4. The van der Waals surface area contributed by atoms with Crippen molar-refractivity contribution in [3.63, 3.8) is 0 Å². The fourth-order valence-corrected chi connectivity index (χ4v) is 2.76. The Labute approximate surface area is 147 Å². The minimum absolute atomic E-state index is 0.271. The number of nitrogens with zero attached hydrogens (tertiary/aromatic N) is 3. The average Bonchev–Trinajstić information content (AvgIpc) is 3.00. The Balaban J connectivity index is 2.28. The number of aromatic nitrogens is 3. The van der Waals surface area contributed by atoms with Crippen LogP contribution in [0.25, 0.3) is 11.0 Å². The van der Waals surface area contributed by atoms with Gasteiger partial charge in [0.1, 0.15) is 23.4 Å². The molecule has 0 fully saturated rings. The number of ether oxygens (including phenoxy) is 2. The normalized spacial score (nSPS) is 13.6. The van der Waals surface area contributed by atoms with Gasteiger partial charge in [-0.25, -0.2) is 4.98 Å². The van der Waals surface area contributed by atoms with Crippen LogP contribution in [0, 0.1) is 0 Å². The number of carbonyl (C=O) groups excluding carboxylic acids is 1. The second kappa shape index (κ2) is 8.77. The molecule has 25 heavy (non-hydrogen) atoms. The molecule has 2 heterocycles. The molecule has 0 bridgehead atoms. The monoisotopic (exact) mass is 350 g/mol. The Morgan fingerprint density at radius 2 is 2.12 bits per heavy atom. The maximum atomic E-state index is 12.1. The summed E-state index contributed by atoms with van der Waals surface area (Å²) in [7, 11) is 1.57. The SMILES string of the molecule is CCOC(=O)[C@H](NCc1cn(CC)c2c(OC)ncnc12)[C@H](O)CC. The minimum atomic E-state index is -0.817. The largest absolute Gasteiger partial charge is 0.479 e. The Bertz CT molecular complexity index is 716. The standard InChI is InChI=1S/C17H26N4O4/c1-5-12(22)14(17(23)25-7-3)18-8-11-9-21(6-2)15-13(11)19-10-20-16(15)24-4/h9-10,12,14,18,22H,5-8H2,1-4H3/t12-,14-/m1/s1. The van der Waals surface area contributed by atoms with Crippen LogP contribution >= 0.6 is 0 Å².